The largest absolute Gasteiger partial charge is 0.192 e. The Bertz CT molecular complexity index is 381. The van der Waals surface area contributed by atoms with E-state index in [2.05, 4.69) is 12.6 Å². The van der Waals surface area contributed by atoms with Crippen molar-refractivity contribution < 1.29 is 0 Å². The summed E-state index contributed by atoms with van der Waals surface area (Å²) in [6.07, 6.45) is 4.29. The quantitative estimate of drug-likeness (QED) is 0.667. The Morgan fingerprint density at radius 1 is 1.46 bits per heavy atom. The van der Waals surface area contributed by atoms with E-state index in [4.69, 9.17) is 5.26 Å². The fourth-order valence-electron chi connectivity index (χ4n) is 1.69. The average molecular weight is 169 g/mol. The fraction of sp³-hybridized carbons (Fsp3) is 0.250. The van der Waals surface area contributed by atoms with Crippen LogP contribution in [0.2, 0.25) is 0 Å². The molecule has 13 heavy (non-hydrogen) atoms. The molecule has 64 valence electrons. The van der Waals surface area contributed by atoms with Crippen molar-refractivity contribution in [1.82, 2.24) is 0 Å². The van der Waals surface area contributed by atoms with Crippen LogP contribution in [0.25, 0.3) is 6.08 Å². The zero-order valence-corrected chi connectivity index (χ0v) is 7.46. The minimum absolute atomic E-state index is 0.615. The van der Waals surface area contributed by atoms with Crippen LogP contribution in [-0.2, 0) is 0 Å². The van der Waals surface area contributed by atoms with Crippen molar-refractivity contribution in [2.45, 2.75) is 18.8 Å². The van der Waals surface area contributed by atoms with Crippen LogP contribution in [0.3, 0.4) is 0 Å². The molecule has 1 heteroatoms. The lowest BCUT2D eigenvalue weighted by atomic mass is 9.98. The Kier molecular flexibility index (Phi) is 1.90. The summed E-state index contributed by atoms with van der Waals surface area (Å²) in [5.74, 6) is 0.615. The molecule has 0 aliphatic heterocycles. The second-order valence-electron chi connectivity index (χ2n) is 3.40. The molecule has 0 atom stereocenters. The minimum atomic E-state index is 0.615. The highest BCUT2D eigenvalue weighted by molar-refractivity contribution is 5.59. The lowest BCUT2D eigenvalue weighted by molar-refractivity contribution is 1.11. The molecular weight excluding hydrogens is 158 g/mol. The predicted octanol–water partition coefficient (Wildman–Crippen LogP) is 3.08. The number of hydrogen-bond acceptors (Lipinski definition) is 1. The summed E-state index contributed by atoms with van der Waals surface area (Å²) >= 11 is 0. The minimum Gasteiger partial charge on any atom is -0.192 e. The maximum atomic E-state index is 8.93. The van der Waals surface area contributed by atoms with Gasteiger partial charge in [0.15, 0.2) is 0 Å². The molecule has 0 aromatic heterocycles. The first kappa shape index (κ1) is 8.07. The van der Waals surface area contributed by atoms with Gasteiger partial charge in [0.1, 0.15) is 0 Å². The lowest BCUT2D eigenvalue weighted by Gasteiger charge is -2.05. The average Bonchev–Trinajstić information content (AvgIpc) is 3.00. The van der Waals surface area contributed by atoms with Gasteiger partial charge in [-0.25, -0.2) is 0 Å². The summed E-state index contributed by atoms with van der Waals surface area (Å²) in [6, 6.07) is 8.08. The van der Waals surface area contributed by atoms with E-state index >= 15 is 0 Å². The van der Waals surface area contributed by atoms with Crippen molar-refractivity contribution in [3.8, 4) is 6.07 Å². The van der Waals surface area contributed by atoms with Gasteiger partial charge < -0.3 is 0 Å². The molecule has 0 spiro atoms. The van der Waals surface area contributed by atoms with Crippen LogP contribution in [0.1, 0.15) is 35.4 Å². The van der Waals surface area contributed by atoms with Gasteiger partial charge in [0.25, 0.3) is 0 Å². The van der Waals surface area contributed by atoms with E-state index in [0.29, 0.717) is 5.92 Å². The van der Waals surface area contributed by atoms with Crippen molar-refractivity contribution in [2.24, 2.45) is 0 Å². The molecule has 0 heterocycles. The van der Waals surface area contributed by atoms with Crippen LogP contribution in [-0.4, -0.2) is 0 Å². The van der Waals surface area contributed by atoms with E-state index in [1.807, 2.05) is 24.3 Å². The van der Waals surface area contributed by atoms with Crippen molar-refractivity contribution >= 4 is 6.08 Å². The van der Waals surface area contributed by atoms with E-state index in [0.717, 1.165) is 11.1 Å². The molecule has 0 amide bonds. The summed E-state index contributed by atoms with van der Waals surface area (Å²) in [6.45, 7) is 3.77. The van der Waals surface area contributed by atoms with Gasteiger partial charge in [-0.05, 0) is 36.0 Å². The third-order valence-electron chi connectivity index (χ3n) is 2.47. The van der Waals surface area contributed by atoms with Crippen LogP contribution in [0.4, 0.5) is 0 Å². The molecule has 1 aliphatic carbocycles. The maximum absolute atomic E-state index is 8.93. The molecule has 1 aromatic carbocycles. The summed E-state index contributed by atoms with van der Waals surface area (Å²) in [5.41, 5.74) is 3.15. The van der Waals surface area contributed by atoms with E-state index in [9.17, 15) is 0 Å². The highest BCUT2D eigenvalue weighted by Gasteiger charge is 2.27. The molecule has 1 nitrogen and oxygen atoms in total. The zero-order valence-electron chi connectivity index (χ0n) is 7.46. The van der Waals surface area contributed by atoms with E-state index < -0.39 is 0 Å². The third kappa shape index (κ3) is 1.36. The maximum Gasteiger partial charge on any atom is 0.0994 e. The summed E-state index contributed by atoms with van der Waals surface area (Å²) in [7, 11) is 0. The Balaban J connectivity index is 2.58. The van der Waals surface area contributed by atoms with Crippen LogP contribution >= 0.6 is 0 Å². The zero-order chi connectivity index (χ0) is 9.26. The van der Waals surface area contributed by atoms with Crippen LogP contribution in [0, 0.1) is 11.3 Å². The van der Waals surface area contributed by atoms with E-state index in [-0.39, 0.29) is 0 Å². The van der Waals surface area contributed by atoms with Gasteiger partial charge in [0.2, 0.25) is 0 Å². The van der Waals surface area contributed by atoms with Crippen molar-refractivity contribution in [2.75, 3.05) is 0 Å². The summed E-state index contributed by atoms with van der Waals surface area (Å²) in [5, 5.41) is 8.93. The SMILES string of the molecule is C=Cc1cccc(C#N)c1C1CC1. The van der Waals surface area contributed by atoms with Gasteiger partial charge in [-0.1, -0.05) is 24.8 Å². The molecular formula is C12H11N. The molecule has 2 rings (SSSR count). The van der Waals surface area contributed by atoms with Gasteiger partial charge in [-0.15, -0.1) is 0 Å². The molecule has 0 bridgehead atoms. The highest BCUT2D eigenvalue weighted by atomic mass is 14.3. The molecule has 0 unspecified atom stereocenters. The number of benzene rings is 1. The third-order valence-corrected chi connectivity index (χ3v) is 2.47. The van der Waals surface area contributed by atoms with Gasteiger partial charge in [-0.2, -0.15) is 5.26 Å². The van der Waals surface area contributed by atoms with Crippen molar-refractivity contribution in [1.29, 1.82) is 5.26 Å². The van der Waals surface area contributed by atoms with Gasteiger partial charge in [0, 0.05) is 0 Å². The molecule has 1 saturated carbocycles. The van der Waals surface area contributed by atoms with Crippen LogP contribution < -0.4 is 0 Å². The van der Waals surface area contributed by atoms with E-state index in [1.165, 1.54) is 18.4 Å². The first-order chi connectivity index (χ1) is 6.36. The predicted molar refractivity (Wildman–Crippen MR) is 53.2 cm³/mol. The Hall–Kier alpha value is -1.55. The van der Waals surface area contributed by atoms with Gasteiger partial charge in [0.05, 0.1) is 11.6 Å². The van der Waals surface area contributed by atoms with Gasteiger partial charge >= 0.3 is 0 Å². The molecule has 0 N–H and O–H groups in total. The normalized spacial score (nSPS) is 15.0. The van der Waals surface area contributed by atoms with Crippen LogP contribution in [0.5, 0.6) is 0 Å². The molecule has 1 fully saturated rings. The topological polar surface area (TPSA) is 23.8 Å². The second-order valence-corrected chi connectivity index (χ2v) is 3.40. The van der Waals surface area contributed by atoms with Gasteiger partial charge in [-0.3, -0.25) is 0 Å². The Morgan fingerprint density at radius 3 is 2.77 bits per heavy atom. The highest BCUT2D eigenvalue weighted by Crippen LogP contribution is 2.43. The number of rotatable bonds is 2. The second kappa shape index (κ2) is 3.06. The summed E-state index contributed by atoms with van der Waals surface area (Å²) in [4.78, 5) is 0. The Labute approximate surface area is 78.3 Å². The molecule has 0 radical (unpaired) electrons. The standard InChI is InChI=1S/C12H11N/c1-2-9-4-3-5-11(8-13)12(9)10-6-7-10/h2-5,10H,1,6-7H2. The number of nitriles is 1. The van der Waals surface area contributed by atoms with Crippen molar-refractivity contribution in [3.63, 3.8) is 0 Å². The lowest BCUT2D eigenvalue weighted by Crippen LogP contribution is -1.90. The number of nitrogens with zero attached hydrogens (tertiary/aromatic N) is 1. The Morgan fingerprint density at radius 2 is 2.23 bits per heavy atom. The fourth-order valence-corrected chi connectivity index (χ4v) is 1.69. The van der Waals surface area contributed by atoms with E-state index in [1.54, 1.807) is 0 Å². The van der Waals surface area contributed by atoms with Crippen molar-refractivity contribution in [3.05, 3.63) is 41.5 Å². The monoisotopic (exact) mass is 169 g/mol. The van der Waals surface area contributed by atoms with Crippen LogP contribution in [0.15, 0.2) is 24.8 Å². The number of hydrogen-bond donors (Lipinski definition) is 0. The molecule has 1 aromatic rings. The molecule has 0 saturated heterocycles. The summed E-state index contributed by atoms with van der Waals surface area (Å²) < 4.78 is 0. The smallest absolute Gasteiger partial charge is 0.0994 e. The first-order valence-corrected chi connectivity index (χ1v) is 4.52. The molecule has 1 aliphatic rings. The first-order valence-electron chi connectivity index (χ1n) is 4.52.